The molecule has 0 bridgehead atoms. The fraction of sp³-hybridized carbons (Fsp3) is 0.746. The molecule has 0 aliphatic heterocycles. The number of hydrogen-bond acceptors (Lipinski definition) is 6. The largest absolute Gasteiger partial charge is 0.462 e. The highest BCUT2D eigenvalue weighted by molar-refractivity contribution is 5.71. The minimum absolute atomic E-state index is 0.0981. The molecule has 0 aliphatic carbocycles. The predicted molar refractivity (Wildman–Crippen MR) is 279 cm³/mol. The highest BCUT2D eigenvalue weighted by Crippen LogP contribution is 2.14. The molecule has 6 heteroatoms. The lowest BCUT2D eigenvalue weighted by Crippen LogP contribution is -2.30. The molecule has 0 saturated carbocycles. The van der Waals surface area contributed by atoms with Crippen molar-refractivity contribution in [2.45, 2.75) is 271 Å². The third kappa shape index (κ3) is 51.7. The van der Waals surface area contributed by atoms with Gasteiger partial charge in [0.2, 0.25) is 0 Å². The van der Waals surface area contributed by atoms with Crippen LogP contribution in [0.5, 0.6) is 0 Å². The molecule has 374 valence electrons. The number of ether oxygens (including phenoxy) is 3. The maximum absolute atomic E-state index is 12.8. The van der Waals surface area contributed by atoms with Gasteiger partial charge in [-0.25, -0.2) is 0 Å². The summed E-state index contributed by atoms with van der Waals surface area (Å²) < 4.78 is 16.8. The number of carbonyl (C=O) groups is 3. The second kappa shape index (κ2) is 53.5. The van der Waals surface area contributed by atoms with Gasteiger partial charge in [0.15, 0.2) is 6.10 Å². The average molecular weight is 907 g/mol. The molecule has 0 N–H and O–H groups in total. The Balaban J connectivity index is 4.47. The van der Waals surface area contributed by atoms with Gasteiger partial charge in [-0.1, -0.05) is 209 Å². The van der Waals surface area contributed by atoms with Crippen molar-refractivity contribution in [3.05, 3.63) is 72.9 Å². The molecule has 0 heterocycles. The Kier molecular flexibility index (Phi) is 50.9. The molecule has 0 saturated heterocycles. The van der Waals surface area contributed by atoms with Gasteiger partial charge in [-0.2, -0.15) is 0 Å². The van der Waals surface area contributed by atoms with E-state index in [1.165, 1.54) is 148 Å². The van der Waals surface area contributed by atoms with Crippen LogP contribution in [0.25, 0.3) is 0 Å². The highest BCUT2D eigenvalue weighted by atomic mass is 16.6. The Morgan fingerprint density at radius 2 is 0.569 bits per heavy atom. The fourth-order valence-electron chi connectivity index (χ4n) is 7.48. The predicted octanol–water partition coefficient (Wildman–Crippen LogP) is 18.2. The molecule has 1 atom stereocenters. The Hall–Kier alpha value is -3.15. The van der Waals surface area contributed by atoms with Gasteiger partial charge >= 0.3 is 17.9 Å². The number of unbranched alkanes of at least 4 members (excludes halogenated alkanes) is 26. The van der Waals surface area contributed by atoms with E-state index in [1.807, 2.05) is 0 Å². The monoisotopic (exact) mass is 907 g/mol. The van der Waals surface area contributed by atoms with E-state index >= 15 is 0 Å². The van der Waals surface area contributed by atoms with Crippen LogP contribution in [0.3, 0.4) is 0 Å². The summed E-state index contributed by atoms with van der Waals surface area (Å²) in [7, 11) is 0. The molecule has 65 heavy (non-hydrogen) atoms. The molecule has 0 spiro atoms. The number of hydrogen-bond donors (Lipinski definition) is 0. The van der Waals surface area contributed by atoms with Crippen LogP contribution in [0.2, 0.25) is 0 Å². The van der Waals surface area contributed by atoms with Gasteiger partial charge in [-0.15, -0.1) is 0 Å². The lowest BCUT2D eigenvalue weighted by molar-refractivity contribution is -0.167. The number of allylic oxidation sites excluding steroid dienone is 12. The highest BCUT2D eigenvalue weighted by Gasteiger charge is 2.19. The van der Waals surface area contributed by atoms with Crippen molar-refractivity contribution >= 4 is 17.9 Å². The van der Waals surface area contributed by atoms with E-state index in [0.717, 1.165) is 70.6 Å². The molecule has 0 aromatic heterocycles. The van der Waals surface area contributed by atoms with Gasteiger partial charge < -0.3 is 14.2 Å². The van der Waals surface area contributed by atoms with Crippen molar-refractivity contribution < 1.29 is 28.6 Å². The lowest BCUT2D eigenvalue weighted by atomic mass is 10.1. The van der Waals surface area contributed by atoms with Crippen molar-refractivity contribution in [1.82, 2.24) is 0 Å². The molecule has 0 aromatic rings. The lowest BCUT2D eigenvalue weighted by Gasteiger charge is -2.18. The van der Waals surface area contributed by atoms with Crippen LogP contribution in [0.1, 0.15) is 265 Å². The summed E-state index contributed by atoms with van der Waals surface area (Å²) in [4.78, 5) is 38.0. The van der Waals surface area contributed by atoms with E-state index in [-0.39, 0.29) is 37.5 Å². The van der Waals surface area contributed by atoms with Gasteiger partial charge in [-0.05, 0) is 109 Å². The third-order valence-electron chi connectivity index (χ3n) is 11.7. The van der Waals surface area contributed by atoms with Crippen LogP contribution < -0.4 is 0 Å². The van der Waals surface area contributed by atoms with Crippen LogP contribution in [-0.2, 0) is 28.6 Å². The van der Waals surface area contributed by atoms with Crippen LogP contribution in [0, 0.1) is 0 Å². The second-order valence-corrected chi connectivity index (χ2v) is 18.1. The molecule has 0 aromatic carbocycles. The van der Waals surface area contributed by atoms with E-state index in [4.69, 9.17) is 14.2 Å². The summed E-state index contributed by atoms with van der Waals surface area (Å²) >= 11 is 0. The standard InChI is InChI=1S/C59H102O6/c1-4-7-10-13-16-19-22-25-27-29-31-34-37-40-43-46-49-52-58(61)64-55-56(54-63-57(60)51-48-45-42-39-36-33-24-21-18-15-12-9-6-3)65-59(62)53-50-47-44-41-38-35-32-30-28-26-23-20-17-14-11-8-5-2/h16,19,21,24-28,31,34,40,43,56H,4-15,17-18,20,22-23,29-30,32-33,35-39,41-42,44-55H2,1-3H3/b19-16-,24-21-,27-25-,28-26-,34-31-,43-40-/t56-/m0/s1. The molecule has 0 fully saturated rings. The molecular weight excluding hydrogens is 805 g/mol. The van der Waals surface area contributed by atoms with Gasteiger partial charge in [0.25, 0.3) is 0 Å². The fourth-order valence-corrected chi connectivity index (χ4v) is 7.48. The topological polar surface area (TPSA) is 78.9 Å². The smallest absolute Gasteiger partial charge is 0.306 e. The first-order chi connectivity index (χ1) is 32.0. The SMILES string of the molecule is CCCCC/C=C\C/C=C\C/C=C\C/C=C\CCCC(=O)OC[C@H](COC(=O)CCCCCCC/C=C\CCCCCC)OC(=O)CCCCCCCCC/C=C\CCCCCCCC. The summed E-state index contributed by atoms with van der Waals surface area (Å²) in [6.45, 7) is 6.54. The second-order valence-electron chi connectivity index (χ2n) is 18.1. The quantitative estimate of drug-likeness (QED) is 0.0262. The maximum Gasteiger partial charge on any atom is 0.306 e. The van der Waals surface area contributed by atoms with Crippen LogP contribution in [0.15, 0.2) is 72.9 Å². The van der Waals surface area contributed by atoms with E-state index in [9.17, 15) is 14.4 Å². The van der Waals surface area contributed by atoms with Crippen molar-refractivity contribution in [3.8, 4) is 0 Å². The van der Waals surface area contributed by atoms with Crippen molar-refractivity contribution in [2.24, 2.45) is 0 Å². The molecule has 0 amide bonds. The van der Waals surface area contributed by atoms with E-state index in [1.54, 1.807) is 0 Å². The Labute approximate surface area is 402 Å². The van der Waals surface area contributed by atoms with E-state index in [2.05, 4.69) is 93.7 Å². The van der Waals surface area contributed by atoms with Gasteiger partial charge in [0.05, 0.1) is 0 Å². The molecule has 0 aliphatic rings. The van der Waals surface area contributed by atoms with E-state index < -0.39 is 6.10 Å². The summed E-state index contributed by atoms with van der Waals surface area (Å²) in [5, 5.41) is 0. The first-order valence-electron chi connectivity index (χ1n) is 27.4. The van der Waals surface area contributed by atoms with Crippen molar-refractivity contribution in [1.29, 1.82) is 0 Å². The zero-order chi connectivity index (χ0) is 47.2. The minimum Gasteiger partial charge on any atom is -0.462 e. The van der Waals surface area contributed by atoms with E-state index in [0.29, 0.717) is 19.3 Å². The van der Waals surface area contributed by atoms with Crippen molar-refractivity contribution in [3.63, 3.8) is 0 Å². The number of esters is 3. The summed E-state index contributed by atoms with van der Waals surface area (Å²) in [5.41, 5.74) is 0. The minimum atomic E-state index is -0.802. The van der Waals surface area contributed by atoms with Crippen LogP contribution in [-0.4, -0.2) is 37.2 Å². The molecule has 0 rings (SSSR count). The normalized spacial score (nSPS) is 12.6. The molecule has 0 unspecified atom stereocenters. The zero-order valence-corrected chi connectivity index (χ0v) is 42.7. The Bertz CT molecular complexity index is 1230. The first kappa shape index (κ1) is 61.9. The molecular formula is C59H102O6. The van der Waals surface area contributed by atoms with Crippen LogP contribution in [0.4, 0.5) is 0 Å². The molecule has 6 nitrogen and oxygen atoms in total. The summed E-state index contributed by atoms with van der Waals surface area (Å²) in [6, 6.07) is 0. The summed E-state index contributed by atoms with van der Waals surface area (Å²) in [5.74, 6) is -0.965. The number of rotatable bonds is 49. The Morgan fingerprint density at radius 1 is 0.308 bits per heavy atom. The third-order valence-corrected chi connectivity index (χ3v) is 11.7. The van der Waals surface area contributed by atoms with Gasteiger partial charge in [0.1, 0.15) is 13.2 Å². The summed E-state index contributed by atoms with van der Waals surface area (Å²) in [6.07, 6.45) is 67.4. The first-order valence-corrected chi connectivity index (χ1v) is 27.4. The van der Waals surface area contributed by atoms with Gasteiger partial charge in [-0.3, -0.25) is 14.4 Å². The van der Waals surface area contributed by atoms with Crippen molar-refractivity contribution in [2.75, 3.05) is 13.2 Å². The Morgan fingerprint density at radius 3 is 0.985 bits per heavy atom. The zero-order valence-electron chi connectivity index (χ0n) is 42.7. The maximum atomic E-state index is 12.8. The molecule has 0 radical (unpaired) electrons. The van der Waals surface area contributed by atoms with Crippen LogP contribution >= 0.6 is 0 Å². The van der Waals surface area contributed by atoms with Gasteiger partial charge in [0, 0.05) is 19.3 Å². The average Bonchev–Trinajstić information content (AvgIpc) is 3.30. The number of carbonyl (C=O) groups excluding carboxylic acids is 3.